The second kappa shape index (κ2) is 6.34. The van der Waals surface area contributed by atoms with Crippen molar-refractivity contribution in [2.75, 3.05) is 13.6 Å². The van der Waals surface area contributed by atoms with E-state index in [1.165, 1.54) is 16.7 Å². The summed E-state index contributed by atoms with van der Waals surface area (Å²) in [7, 11) is 4.08. The second-order valence-electron chi connectivity index (χ2n) is 5.10. The summed E-state index contributed by atoms with van der Waals surface area (Å²) in [5, 5.41) is 4.19. The molecule has 0 radical (unpaired) electrons. The molecule has 3 nitrogen and oxygen atoms in total. The van der Waals surface area contributed by atoms with Crippen LogP contribution in [0.25, 0.3) is 6.08 Å². The molecule has 0 aliphatic heterocycles. The third kappa shape index (κ3) is 4.38. The van der Waals surface area contributed by atoms with Crippen LogP contribution in [0.15, 0.2) is 48.3 Å². The summed E-state index contributed by atoms with van der Waals surface area (Å²) < 4.78 is 1.84. The van der Waals surface area contributed by atoms with Gasteiger partial charge < -0.3 is 0 Å². The topological polar surface area (TPSA) is 21.1 Å². The van der Waals surface area contributed by atoms with Gasteiger partial charge in [-0.2, -0.15) is 5.10 Å². The molecule has 1 aromatic heterocycles. The first-order valence-corrected chi connectivity index (χ1v) is 6.52. The molecule has 0 saturated carbocycles. The van der Waals surface area contributed by atoms with Crippen molar-refractivity contribution in [2.45, 2.75) is 13.5 Å². The Morgan fingerprint density at radius 2 is 2.05 bits per heavy atom. The number of nitrogens with zero attached hydrogens (tertiary/aromatic N) is 3. The normalized spacial score (nSPS) is 12.1. The molecule has 0 unspecified atom stereocenters. The average molecular weight is 255 g/mol. The Bertz CT molecular complexity index is 540. The first kappa shape index (κ1) is 13.6. The molecule has 0 fully saturated rings. The van der Waals surface area contributed by atoms with Gasteiger partial charge in [0.15, 0.2) is 0 Å². The minimum Gasteiger partial charge on any atom is -0.298 e. The Balaban J connectivity index is 1.91. The van der Waals surface area contributed by atoms with E-state index in [2.05, 4.69) is 60.5 Å². The van der Waals surface area contributed by atoms with E-state index >= 15 is 0 Å². The van der Waals surface area contributed by atoms with Crippen molar-refractivity contribution < 1.29 is 0 Å². The standard InChI is InChI=1S/C16H21N3/c1-14(9-15-7-5-4-6-8-15)11-18(2)12-16-10-17-19(3)13-16/h4-10,13H,11-12H2,1-3H3. The van der Waals surface area contributed by atoms with Crippen molar-refractivity contribution >= 4 is 6.08 Å². The molecule has 3 heteroatoms. The van der Waals surface area contributed by atoms with Crippen LogP contribution in [0.1, 0.15) is 18.1 Å². The van der Waals surface area contributed by atoms with Gasteiger partial charge in [-0.3, -0.25) is 9.58 Å². The summed E-state index contributed by atoms with van der Waals surface area (Å²) in [6.07, 6.45) is 6.22. The van der Waals surface area contributed by atoms with Crippen molar-refractivity contribution in [3.8, 4) is 0 Å². The molecule has 0 atom stereocenters. The molecule has 0 saturated heterocycles. The van der Waals surface area contributed by atoms with Gasteiger partial charge in [0.25, 0.3) is 0 Å². The minimum atomic E-state index is 0.924. The zero-order valence-electron chi connectivity index (χ0n) is 11.9. The number of rotatable bonds is 5. The van der Waals surface area contributed by atoms with Gasteiger partial charge in [0, 0.05) is 31.9 Å². The number of aromatic nitrogens is 2. The maximum absolute atomic E-state index is 4.19. The Morgan fingerprint density at radius 1 is 1.32 bits per heavy atom. The quantitative estimate of drug-likeness (QED) is 0.819. The van der Waals surface area contributed by atoms with Gasteiger partial charge in [-0.1, -0.05) is 42.0 Å². The summed E-state index contributed by atoms with van der Waals surface area (Å²) in [6, 6.07) is 10.4. The van der Waals surface area contributed by atoms with Gasteiger partial charge in [-0.25, -0.2) is 0 Å². The zero-order valence-corrected chi connectivity index (χ0v) is 11.9. The lowest BCUT2D eigenvalue weighted by molar-refractivity contribution is 0.356. The van der Waals surface area contributed by atoms with Crippen LogP contribution in [-0.2, 0) is 13.6 Å². The maximum atomic E-state index is 4.19. The molecule has 0 spiro atoms. The first-order valence-electron chi connectivity index (χ1n) is 6.52. The monoisotopic (exact) mass is 255 g/mol. The number of benzene rings is 1. The van der Waals surface area contributed by atoms with Crippen molar-refractivity contribution in [3.05, 3.63) is 59.4 Å². The fourth-order valence-electron chi connectivity index (χ4n) is 2.23. The van der Waals surface area contributed by atoms with Gasteiger partial charge in [0.05, 0.1) is 6.20 Å². The van der Waals surface area contributed by atoms with Gasteiger partial charge in [-0.15, -0.1) is 0 Å². The predicted octanol–water partition coefficient (Wildman–Crippen LogP) is 2.96. The molecule has 2 aromatic rings. The minimum absolute atomic E-state index is 0.924. The maximum Gasteiger partial charge on any atom is 0.0534 e. The third-order valence-corrected chi connectivity index (χ3v) is 2.94. The number of aryl methyl sites for hydroxylation is 1. The summed E-state index contributed by atoms with van der Waals surface area (Å²) in [4.78, 5) is 2.30. The number of likely N-dealkylation sites (N-methyl/N-ethyl adjacent to an activating group) is 1. The van der Waals surface area contributed by atoms with Crippen LogP contribution in [0.5, 0.6) is 0 Å². The molecule has 0 N–H and O–H groups in total. The lowest BCUT2D eigenvalue weighted by Gasteiger charge is -2.16. The molecular formula is C16H21N3. The van der Waals surface area contributed by atoms with E-state index < -0.39 is 0 Å². The Labute approximate surface area is 115 Å². The molecule has 1 heterocycles. The fraction of sp³-hybridized carbons (Fsp3) is 0.312. The van der Waals surface area contributed by atoms with Crippen molar-refractivity contribution in [2.24, 2.45) is 7.05 Å². The molecule has 2 rings (SSSR count). The highest BCUT2D eigenvalue weighted by Gasteiger charge is 2.03. The highest BCUT2D eigenvalue weighted by molar-refractivity contribution is 5.52. The molecule has 0 bridgehead atoms. The van der Waals surface area contributed by atoms with Crippen LogP contribution in [-0.4, -0.2) is 28.3 Å². The van der Waals surface area contributed by atoms with E-state index in [9.17, 15) is 0 Å². The fourth-order valence-corrected chi connectivity index (χ4v) is 2.23. The molecule has 19 heavy (non-hydrogen) atoms. The Kier molecular flexibility index (Phi) is 4.53. The Hall–Kier alpha value is -1.87. The highest BCUT2D eigenvalue weighted by Crippen LogP contribution is 2.09. The highest BCUT2D eigenvalue weighted by atomic mass is 15.2. The molecule has 1 aromatic carbocycles. The van der Waals surface area contributed by atoms with E-state index in [0.29, 0.717) is 0 Å². The smallest absolute Gasteiger partial charge is 0.0534 e. The third-order valence-electron chi connectivity index (χ3n) is 2.94. The summed E-state index contributed by atoms with van der Waals surface area (Å²) >= 11 is 0. The van der Waals surface area contributed by atoms with E-state index in [4.69, 9.17) is 0 Å². The first-order chi connectivity index (χ1) is 9.13. The second-order valence-corrected chi connectivity index (χ2v) is 5.10. The molecule has 100 valence electrons. The van der Waals surface area contributed by atoms with E-state index in [1.54, 1.807) is 0 Å². The van der Waals surface area contributed by atoms with Crippen LogP contribution in [0.2, 0.25) is 0 Å². The van der Waals surface area contributed by atoms with E-state index in [0.717, 1.165) is 13.1 Å². The summed E-state index contributed by atoms with van der Waals surface area (Å²) in [5.74, 6) is 0. The lowest BCUT2D eigenvalue weighted by atomic mass is 10.1. The van der Waals surface area contributed by atoms with Gasteiger partial charge >= 0.3 is 0 Å². The van der Waals surface area contributed by atoms with Crippen LogP contribution in [0.4, 0.5) is 0 Å². The number of hydrogen-bond acceptors (Lipinski definition) is 2. The van der Waals surface area contributed by atoms with Crippen molar-refractivity contribution in [1.29, 1.82) is 0 Å². The largest absolute Gasteiger partial charge is 0.298 e. The predicted molar refractivity (Wildman–Crippen MR) is 79.6 cm³/mol. The van der Waals surface area contributed by atoms with Crippen LogP contribution in [0.3, 0.4) is 0 Å². The molecule has 0 aliphatic carbocycles. The van der Waals surface area contributed by atoms with Gasteiger partial charge in [0.2, 0.25) is 0 Å². The molecule has 0 aliphatic rings. The molecule has 0 amide bonds. The van der Waals surface area contributed by atoms with Crippen molar-refractivity contribution in [3.63, 3.8) is 0 Å². The van der Waals surface area contributed by atoms with Crippen LogP contribution >= 0.6 is 0 Å². The number of hydrogen-bond donors (Lipinski definition) is 0. The van der Waals surface area contributed by atoms with Crippen LogP contribution in [0, 0.1) is 0 Å². The summed E-state index contributed by atoms with van der Waals surface area (Å²) in [6.45, 7) is 4.06. The van der Waals surface area contributed by atoms with Gasteiger partial charge in [0.1, 0.15) is 0 Å². The van der Waals surface area contributed by atoms with Crippen molar-refractivity contribution in [1.82, 2.24) is 14.7 Å². The molecular weight excluding hydrogens is 234 g/mol. The van der Waals surface area contributed by atoms with E-state index in [1.807, 2.05) is 24.0 Å². The van der Waals surface area contributed by atoms with Gasteiger partial charge in [-0.05, 0) is 19.5 Å². The average Bonchev–Trinajstić information content (AvgIpc) is 2.75. The Morgan fingerprint density at radius 3 is 2.68 bits per heavy atom. The zero-order chi connectivity index (χ0) is 13.7. The SMILES string of the molecule is CC(=Cc1ccccc1)CN(C)Cc1cnn(C)c1. The van der Waals surface area contributed by atoms with Crippen LogP contribution < -0.4 is 0 Å². The lowest BCUT2D eigenvalue weighted by Crippen LogP contribution is -2.19. The summed E-state index contributed by atoms with van der Waals surface area (Å²) in [5.41, 5.74) is 3.87. The van der Waals surface area contributed by atoms with E-state index in [-0.39, 0.29) is 0 Å².